The van der Waals surface area contributed by atoms with Crippen molar-refractivity contribution >= 4 is 29.3 Å². The van der Waals surface area contributed by atoms with E-state index in [4.69, 9.17) is 31.0 Å². The van der Waals surface area contributed by atoms with Crippen LogP contribution < -0.4 is 20.1 Å². The molecule has 0 bridgehead atoms. The molecule has 2 aliphatic rings. The number of aryl methyl sites for hydroxylation is 1. The number of ether oxygens (including phenoxy) is 2. The van der Waals surface area contributed by atoms with E-state index in [1.54, 1.807) is 20.3 Å². The van der Waals surface area contributed by atoms with Crippen molar-refractivity contribution < 1.29 is 37.3 Å². The molecule has 1 heterocycles. The predicted molar refractivity (Wildman–Crippen MR) is 151 cm³/mol. The first-order chi connectivity index (χ1) is 19.3. The summed E-state index contributed by atoms with van der Waals surface area (Å²) in [7, 11) is 3.36. The molecule has 4 rings (SSSR count). The Morgan fingerprint density at radius 3 is 2.41 bits per heavy atom. The number of benzene rings is 2. The summed E-state index contributed by atoms with van der Waals surface area (Å²) in [6.07, 6.45) is 0.0382. The maximum Gasteiger partial charge on any atom is 0.490 e. The number of carboxylic acids is 1. The standard InChI is InChI=1S/C27H36ClN3O3.C2HF3O2/c1-5-13-31-14-12-27(19-7-9-23(33-3)24(15-19)34-4)11-10-21(17-25(27)31)29-26(32)30-22-16-20(28)8-6-18(22)2;3-2(4,5)1(6)7/h6-9,15-16,21,25H,5,10-14,17H2,1-4H3,(H2,29,30,32);(H,6,7)/t21-,25+,27+;/m1./s1. The van der Waals surface area contributed by atoms with Crippen LogP contribution in [0.4, 0.5) is 23.7 Å². The second kappa shape index (κ2) is 13.7. The molecule has 1 aliphatic carbocycles. The van der Waals surface area contributed by atoms with E-state index < -0.39 is 12.1 Å². The summed E-state index contributed by atoms with van der Waals surface area (Å²) in [6.45, 7) is 6.34. The summed E-state index contributed by atoms with van der Waals surface area (Å²) in [5.74, 6) is -1.22. The summed E-state index contributed by atoms with van der Waals surface area (Å²) in [4.78, 5) is 24.3. The number of methoxy groups -OCH3 is 2. The average molecular weight is 600 g/mol. The lowest BCUT2D eigenvalue weighted by Gasteiger charge is -2.45. The summed E-state index contributed by atoms with van der Waals surface area (Å²) in [5.41, 5.74) is 3.10. The fourth-order valence-corrected chi connectivity index (χ4v) is 6.06. The van der Waals surface area contributed by atoms with Crippen molar-refractivity contribution in [3.8, 4) is 11.5 Å². The second-order valence-corrected chi connectivity index (χ2v) is 10.8. The number of carbonyl (C=O) groups excluding carboxylic acids is 1. The predicted octanol–water partition coefficient (Wildman–Crippen LogP) is 6.40. The van der Waals surface area contributed by atoms with Crippen molar-refractivity contribution in [1.82, 2.24) is 10.2 Å². The molecule has 2 aromatic carbocycles. The van der Waals surface area contributed by atoms with Crippen LogP contribution in [-0.2, 0) is 10.2 Å². The van der Waals surface area contributed by atoms with Gasteiger partial charge in [-0.2, -0.15) is 13.2 Å². The monoisotopic (exact) mass is 599 g/mol. The van der Waals surface area contributed by atoms with Crippen LogP contribution in [0.15, 0.2) is 36.4 Å². The zero-order valence-corrected chi connectivity index (χ0v) is 24.4. The Kier molecular flexibility index (Phi) is 10.8. The number of nitrogens with one attached hydrogen (secondary N) is 2. The minimum Gasteiger partial charge on any atom is -0.493 e. The molecule has 0 aromatic heterocycles. The lowest BCUT2D eigenvalue weighted by Crippen LogP contribution is -2.53. The number of urea groups is 1. The highest BCUT2D eigenvalue weighted by atomic mass is 35.5. The van der Waals surface area contributed by atoms with Gasteiger partial charge in [0.15, 0.2) is 11.5 Å². The number of alkyl halides is 3. The van der Waals surface area contributed by atoms with E-state index in [0.717, 1.165) is 67.9 Å². The van der Waals surface area contributed by atoms with E-state index in [1.807, 2.05) is 25.1 Å². The maximum absolute atomic E-state index is 12.8. The first-order valence-corrected chi connectivity index (χ1v) is 13.8. The molecule has 2 fully saturated rings. The highest BCUT2D eigenvalue weighted by molar-refractivity contribution is 6.31. The number of anilines is 1. The van der Waals surface area contributed by atoms with E-state index in [9.17, 15) is 18.0 Å². The molecule has 1 saturated heterocycles. The van der Waals surface area contributed by atoms with Crippen LogP contribution in [0, 0.1) is 6.92 Å². The number of likely N-dealkylation sites (tertiary alicyclic amines) is 1. The normalized spacial score (nSPS) is 22.1. The van der Waals surface area contributed by atoms with Crippen molar-refractivity contribution in [3.05, 3.63) is 52.5 Å². The van der Waals surface area contributed by atoms with E-state index in [0.29, 0.717) is 11.1 Å². The number of nitrogens with zero attached hydrogens (tertiary/aromatic N) is 1. The van der Waals surface area contributed by atoms with Gasteiger partial charge in [-0.15, -0.1) is 0 Å². The van der Waals surface area contributed by atoms with Gasteiger partial charge in [0.25, 0.3) is 0 Å². The van der Waals surface area contributed by atoms with Crippen molar-refractivity contribution in [2.24, 2.45) is 0 Å². The van der Waals surface area contributed by atoms with E-state index in [1.165, 1.54) is 5.56 Å². The van der Waals surface area contributed by atoms with Gasteiger partial charge in [-0.3, -0.25) is 4.90 Å². The number of halogens is 4. The van der Waals surface area contributed by atoms with Crippen LogP contribution in [0.25, 0.3) is 0 Å². The Morgan fingerprint density at radius 2 is 1.80 bits per heavy atom. The molecule has 12 heteroatoms. The third-order valence-corrected chi connectivity index (χ3v) is 8.10. The van der Waals surface area contributed by atoms with Gasteiger partial charge in [0, 0.05) is 28.2 Å². The minimum absolute atomic E-state index is 0.0624. The lowest BCUT2D eigenvalue weighted by molar-refractivity contribution is -0.192. The third-order valence-electron chi connectivity index (χ3n) is 7.87. The fraction of sp³-hybridized carbons (Fsp3) is 0.517. The SMILES string of the molecule is CCCN1CC[C@]2(c3ccc(OC)c(OC)c3)CC[C@@H](NC(=O)Nc3cc(Cl)ccc3C)C[C@H]12.O=C(O)C(F)(F)F. The van der Waals surface area contributed by atoms with Crippen LogP contribution >= 0.6 is 11.6 Å². The number of carbonyl (C=O) groups is 2. The average Bonchev–Trinajstić information content (AvgIpc) is 3.29. The zero-order valence-electron chi connectivity index (χ0n) is 23.6. The van der Waals surface area contributed by atoms with Gasteiger partial charge >= 0.3 is 18.2 Å². The Hall–Kier alpha value is -3.18. The van der Waals surface area contributed by atoms with Gasteiger partial charge in [-0.25, -0.2) is 9.59 Å². The topological polar surface area (TPSA) is 100 Å². The Morgan fingerprint density at radius 1 is 1.12 bits per heavy atom. The van der Waals surface area contributed by atoms with Gasteiger partial charge in [-0.1, -0.05) is 30.7 Å². The largest absolute Gasteiger partial charge is 0.493 e. The molecule has 2 aromatic rings. The van der Waals surface area contributed by atoms with Crippen molar-refractivity contribution in [2.75, 3.05) is 32.6 Å². The molecule has 1 saturated carbocycles. The highest BCUT2D eigenvalue weighted by Crippen LogP contribution is 2.50. The third kappa shape index (κ3) is 7.77. The number of fused-ring (bicyclic) bond motifs is 1. The quantitative estimate of drug-likeness (QED) is 0.341. The van der Waals surface area contributed by atoms with Gasteiger partial charge in [-0.05, 0) is 87.5 Å². The van der Waals surface area contributed by atoms with Crippen LogP contribution in [0.2, 0.25) is 5.02 Å². The number of amides is 2. The minimum atomic E-state index is -5.08. The van der Waals surface area contributed by atoms with Crippen molar-refractivity contribution in [3.63, 3.8) is 0 Å². The van der Waals surface area contributed by atoms with E-state index in [2.05, 4.69) is 34.6 Å². The zero-order chi connectivity index (χ0) is 30.4. The molecule has 0 radical (unpaired) electrons. The van der Waals surface area contributed by atoms with Crippen LogP contribution in [0.1, 0.15) is 50.2 Å². The highest BCUT2D eigenvalue weighted by Gasteiger charge is 2.51. The summed E-state index contributed by atoms with van der Waals surface area (Å²) >= 11 is 6.12. The van der Waals surface area contributed by atoms with Crippen LogP contribution in [0.3, 0.4) is 0 Å². The van der Waals surface area contributed by atoms with Gasteiger partial charge in [0.1, 0.15) is 0 Å². The summed E-state index contributed by atoms with van der Waals surface area (Å²) in [5, 5.41) is 14.0. The second-order valence-electron chi connectivity index (χ2n) is 10.4. The van der Waals surface area contributed by atoms with E-state index >= 15 is 0 Å². The molecule has 41 heavy (non-hydrogen) atoms. The number of carboxylic acid groups (broad SMARTS) is 1. The number of aliphatic carboxylic acids is 1. The molecule has 0 unspecified atom stereocenters. The van der Waals surface area contributed by atoms with Gasteiger partial charge in [0.2, 0.25) is 0 Å². The summed E-state index contributed by atoms with van der Waals surface area (Å²) in [6, 6.07) is 12.2. The smallest absolute Gasteiger partial charge is 0.490 e. The Labute approximate surface area is 243 Å². The molecule has 3 atom stereocenters. The summed E-state index contributed by atoms with van der Waals surface area (Å²) < 4.78 is 42.8. The fourth-order valence-electron chi connectivity index (χ4n) is 5.89. The number of hydrogen-bond donors (Lipinski definition) is 3. The van der Waals surface area contributed by atoms with Gasteiger partial charge < -0.3 is 25.2 Å². The molecular weight excluding hydrogens is 563 g/mol. The molecule has 2 amide bonds. The molecular formula is C29H37ClF3N3O5. The van der Waals surface area contributed by atoms with Crippen molar-refractivity contribution in [1.29, 1.82) is 0 Å². The maximum atomic E-state index is 12.8. The molecule has 1 aliphatic heterocycles. The van der Waals surface area contributed by atoms with Gasteiger partial charge in [0.05, 0.1) is 14.2 Å². The first kappa shape index (κ1) is 32.3. The molecule has 3 N–H and O–H groups in total. The lowest BCUT2D eigenvalue weighted by atomic mass is 9.65. The Bertz CT molecular complexity index is 1230. The van der Waals surface area contributed by atoms with Crippen molar-refractivity contribution in [2.45, 2.75) is 69.6 Å². The molecule has 0 spiro atoms. The molecule has 8 nitrogen and oxygen atoms in total. The van der Waals surface area contributed by atoms with Crippen LogP contribution in [0.5, 0.6) is 11.5 Å². The molecule has 226 valence electrons. The van der Waals surface area contributed by atoms with E-state index in [-0.39, 0.29) is 17.5 Å². The number of rotatable bonds is 7. The first-order valence-electron chi connectivity index (χ1n) is 13.4. The Balaban J connectivity index is 0.000000587. The van der Waals surface area contributed by atoms with Crippen LogP contribution in [-0.4, -0.2) is 67.6 Å². The number of hydrogen-bond acceptors (Lipinski definition) is 5.